The second kappa shape index (κ2) is 14.0. The Balaban J connectivity index is 0.00000420. The number of piperazine rings is 1. The number of rotatable bonds is 8. The summed E-state index contributed by atoms with van der Waals surface area (Å²) >= 11 is 0. The molecule has 0 aromatic heterocycles. The number of benzene rings is 1. The van der Waals surface area contributed by atoms with Crippen LogP contribution in [0.25, 0.3) is 0 Å². The number of nitrogens with one attached hydrogen (secondary N) is 2. The molecule has 1 aliphatic rings. The Bertz CT molecular complexity index is 757. The van der Waals surface area contributed by atoms with E-state index in [1.165, 1.54) is 25.1 Å². The third-order valence-electron chi connectivity index (χ3n) is 4.83. The smallest absolute Gasteiger partial charge is 0.367 e. The van der Waals surface area contributed by atoms with Crippen molar-refractivity contribution in [2.75, 3.05) is 45.2 Å². The molecule has 0 bridgehead atoms. The second-order valence-corrected chi connectivity index (χ2v) is 6.54. The van der Waals surface area contributed by atoms with Gasteiger partial charge in [-0.05, 0) is 18.6 Å². The monoisotopic (exact) mass is 446 g/mol. The van der Waals surface area contributed by atoms with Crippen molar-refractivity contribution in [1.82, 2.24) is 15.5 Å². The largest absolute Gasteiger partial charge is 1.00 e. The van der Waals surface area contributed by atoms with Gasteiger partial charge in [0.2, 0.25) is 5.91 Å². The molecule has 30 heavy (non-hydrogen) atoms. The van der Waals surface area contributed by atoms with Gasteiger partial charge in [-0.25, -0.2) is 4.39 Å². The fraction of sp³-hybridized carbons (Fsp3) is 0.450. The maximum absolute atomic E-state index is 14.5. The van der Waals surface area contributed by atoms with Gasteiger partial charge in [-0.3, -0.25) is 14.4 Å². The summed E-state index contributed by atoms with van der Waals surface area (Å²) in [4.78, 5) is 50.3. The van der Waals surface area contributed by atoms with Gasteiger partial charge in [-0.2, -0.15) is 0 Å². The van der Waals surface area contributed by atoms with E-state index >= 15 is 0 Å². The summed E-state index contributed by atoms with van der Waals surface area (Å²) in [5.74, 6) is -1.58. The summed E-state index contributed by atoms with van der Waals surface area (Å²) in [5, 5.41) is 5.64. The Hall–Kier alpha value is -1.17. The summed E-state index contributed by atoms with van der Waals surface area (Å²) < 4.78 is 14.5. The molecule has 1 aromatic rings. The second-order valence-electron chi connectivity index (χ2n) is 6.54. The Labute approximate surface area is 219 Å². The van der Waals surface area contributed by atoms with Crippen LogP contribution in [0.2, 0.25) is 0 Å². The fourth-order valence-electron chi connectivity index (χ4n) is 3.23. The Morgan fingerprint density at radius 2 is 1.93 bits per heavy atom. The van der Waals surface area contributed by atoms with Crippen LogP contribution in [0.5, 0.6) is 0 Å². The maximum atomic E-state index is 14.5. The van der Waals surface area contributed by atoms with E-state index in [9.17, 15) is 23.6 Å². The average molecular weight is 447 g/mol. The molecular formula is C20H28FKN4O4. The molecule has 1 aliphatic heterocycles. The van der Waals surface area contributed by atoms with Crippen molar-refractivity contribution >= 4 is 30.1 Å². The summed E-state index contributed by atoms with van der Waals surface area (Å²) in [6, 6.07) is 1.53. The molecule has 1 fully saturated rings. The number of amides is 2. The van der Waals surface area contributed by atoms with Crippen LogP contribution in [0.15, 0.2) is 12.1 Å². The number of likely N-dealkylation sites (N-methyl/N-ethyl adjacent to an activating group) is 2. The van der Waals surface area contributed by atoms with Crippen LogP contribution in [-0.4, -0.2) is 75.6 Å². The number of aldehydes is 2. The average Bonchev–Trinajstić information content (AvgIpc) is 2.73. The number of hydrogen-bond acceptors (Lipinski definition) is 6. The van der Waals surface area contributed by atoms with Gasteiger partial charge >= 0.3 is 51.4 Å². The molecule has 2 rings (SSSR count). The number of halogens is 1. The third-order valence-corrected chi connectivity index (χ3v) is 4.83. The zero-order chi connectivity index (χ0) is 20.7. The minimum absolute atomic E-state index is 0. The number of nitrogens with zero attached hydrogens (tertiary/aromatic N) is 2. The molecular weight excluding hydrogens is 418 g/mol. The van der Waals surface area contributed by atoms with Crippen molar-refractivity contribution in [2.45, 2.75) is 18.9 Å². The van der Waals surface area contributed by atoms with Crippen molar-refractivity contribution in [3.05, 3.63) is 36.5 Å². The first-order chi connectivity index (χ1) is 13.4. The van der Waals surface area contributed by atoms with E-state index in [-0.39, 0.29) is 88.5 Å². The van der Waals surface area contributed by atoms with Crippen LogP contribution < -0.4 is 66.9 Å². The molecule has 1 saturated heterocycles. The molecule has 1 heterocycles. The van der Waals surface area contributed by atoms with Crippen LogP contribution >= 0.6 is 0 Å². The van der Waals surface area contributed by atoms with Gasteiger partial charge in [-0.15, -0.1) is 0 Å². The van der Waals surface area contributed by atoms with Gasteiger partial charge in [0.1, 0.15) is 18.1 Å². The molecule has 0 spiro atoms. The third kappa shape index (κ3) is 6.93. The Kier molecular flexibility index (Phi) is 13.4. The van der Waals surface area contributed by atoms with Gasteiger partial charge in [0.25, 0.3) is 5.91 Å². The first kappa shape index (κ1) is 28.8. The van der Waals surface area contributed by atoms with Crippen LogP contribution in [-0.2, 0) is 9.59 Å². The summed E-state index contributed by atoms with van der Waals surface area (Å²) in [6.45, 7) is 2.51. The van der Waals surface area contributed by atoms with E-state index in [0.29, 0.717) is 38.8 Å². The van der Waals surface area contributed by atoms with Crippen molar-refractivity contribution in [2.24, 2.45) is 0 Å². The van der Waals surface area contributed by atoms with E-state index in [0.717, 1.165) is 6.07 Å². The molecule has 1 unspecified atom stereocenters. The number of carbonyl (C=O) groups excluding carboxylic acids is 4. The molecule has 160 valence electrons. The zero-order valence-corrected chi connectivity index (χ0v) is 21.2. The van der Waals surface area contributed by atoms with Crippen LogP contribution in [0.3, 0.4) is 0 Å². The number of carbonyl (C=O) groups is 4. The van der Waals surface area contributed by atoms with Gasteiger partial charge in [0.15, 0.2) is 6.29 Å². The fourth-order valence-corrected chi connectivity index (χ4v) is 3.23. The predicted molar refractivity (Wildman–Crippen MR) is 109 cm³/mol. The summed E-state index contributed by atoms with van der Waals surface area (Å²) in [5.41, 5.74) is 0.181. The van der Waals surface area contributed by atoms with E-state index in [1.807, 2.05) is 0 Å². The first-order valence-corrected chi connectivity index (χ1v) is 9.11. The van der Waals surface area contributed by atoms with E-state index < -0.39 is 23.7 Å². The Morgan fingerprint density at radius 1 is 1.30 bits per heavy atom. The van der Waals surface area contributed by atoms with Gasteiger partial charge in [0.05, 0.1) is 11.3 Å². The van der Waals surface area contributed by atoms with Crippen LogP contribution in [0.1, 0.15) is 33.6 Å². The standard InChI is InChI=1S/C19H25FN4O4.CH3.K/c1-21-18(27)16(4-3-9-25)23(2)19(28)14-11-17(15(20)10-13(14)12-26)24-7-5-22-6-8-24;;/h9-12,16,22H,3-8H2,1-2H3,(H,21,27);1H3;/q;-1;+1. The first-order valence-electron chi connectivity index (χ1n) is 9.11. The van der Waals surface area contributed by atoms with Crippen LogP contribution in [0, 0.1) is 13.2 Å². The summed E-state index contributed by atoms with van der Waals surface area (Å²) in [7, 11) is 2.86. The molecule has 1 atom stereocenters. The maximum Gasteiger partial charge on any atom is 1.00 e. The van der Waals surface area contributed by atoms with E-state index in [1.54, 1.807) is 4.90 Å². The summed E-state index contributed by atoms with van der Waals surface area (Å²) in [6.07, 6.45) is 1.34. The van der Waals surface area contributed by atoms with Crippen molar-refractivity contribution in [3.63, 3.8) is 0 Å². The molecule has 2 amide bonds. The SMILES string of the molecule is CNC(=O)C(CCC=O)N(C)C(=O)c1cc(N2CCNCC2)c(F)cc1C=O.[CH3-].[K+]. The molecule has 0 aliphatic carbocycles. The van der Waals surface area contributed by atoms with Gasteiger partial charge in [0, 0.05) is 52.3 Å². The van der Waals surface area contributed by atoms with Crippen LogP contribution in [0.4, 0.5) is 10.1 Å². The van der Waals surface area contributed by atoms with Crippen molar-refractivity contribution in [3.8, 4) is 0 Å². The zero-order valence-electron chi connectivity index (χ0n) is 18.0. The van der Waals surface area contributed by atoms with E-state index in [4.69, 9.17) is 0 Å². The molecule has 10 heteroatoms. The predicted octanol–water partition coefficient (Wildman–Crippen LogP) is -2.33. The van der Waals surface area contributed by atoms with E-state index in [2.05, 4.69) is 10.6 Å². The number of hydrogen-bond donors (Lipinski definition) is 2. The van der Waals surface area contributed by atoms with Gasteiger partial charge < -0.3 is 32.7 Å². The molecule has 0 radical (unpaired) electrons. The minimum atomic E-state index is -0.880. The van der Waals surface area contributed by atoms with Crippen molar-refractivity contribution < 1.29 is 75.0 Å². The molecule has 0 saturated carbocycles. The molecule has 1 aromatic carbocycles. The number of anilines is 1. The quantitative estimate of drug-likeness (QED) is 0.264. The minimum Gasteiger partial charge on any atom is -0.367 e. The van der Waals surface area contributed by atoms with Crippen molar-refractivity contribution in [1.29, 1.82) is 0 Å². The molecule has 8 nitrogen and oxygen atoms in total. The van der Waals surface area contributed by atoms with Gasteiger partial charge in [-0.1, -0.05) is 0 Å². The normalized spacial score (nSPS) is 13.9. The molecule has 2 N–H and O–H groups in total. The Morgan fingerprint density at radius 3 is 2.47 bits per heavy atom. The topological polar surface area (TPSA) is 98.8 Å².